The van der Waals surface area contributed by atoms with Crippen molar-refractivity contribution in [3.8, 4) is 27.9 Å². The van der Waals surface area contributed by atoms with Gasteiger partial charge in [0.25, 0.3) is 0 Å². The largest absolute Gasteiger partial charge is 0.297 e. The highest BCUT2D eigenvalue weighted by Crippen LogP contribution is 2.41. The van der Waals surface area contributed by atoms with E-state index in [0.29, 0.717) is 0 Å². The normalized spacial score (nSPS) is 11.6. The van der Waals surface area contributed by atoms with Gasteiger partial charge in [0, 0.05) is 5.69 Å². The predicted octanol–water partition coefficient (Wildman–Crippen LogP) is -4.96. The van der Waals surface area contributed by atoms with Gasteiger partial charge in [-0.3, -0.25) is 4.57 Å². The van der Waals surface area contributed by atoms with Crippen LogP contribution in [-0.2, 0) is 0 Å². The topological polar surface area (TPSA) is 17.8 Å². The highest BCUT2D eigenvalue weighted by atomic mass is 15.1. The molecule has 6 aromatic carbocycles. The van der Waals surface area contributed by atoms with E-state index in [-0.39, 0.29) is 0 Å². The molecule has 0 aliphatic carbocycles. The van der Waals surface area contributed by atoms with Gasteiger partial charge in [0.05, 0.1) is 11.0 Å². The Balaban J connectivity index is 1.73. The van der Waals surface area contributed by atoms with Gasteiger partial charge in [-0.05, 0) is 75.0 Å². The Morgan fingerprint density at radius 1 is 0.477 bits per heavy atom. The molecule has 1 aromatic heterocycles. The summed E-state index contributed by atoms with van der Waals surface area (Å²) in [5.74, 6) is 0.995. The van der Waals surface area contributed by atoms with Crippen LogP contribution in [0.1, 0.15) is 5.82 Å². The molecule has 0 aliphatic rings. The maximum absolute atomic E-state index is 4.89. The first-order valence-corrected chi connectivity index (χ1v) is 15.7. The SMILES string of the molecule is Bc1c(B)c(B)c2c(-c3cccc(-n4c(C)nc5ccccc54)c3)c3c(B)c(B)c(B)c(B)c3c(-c3ccccc3)c2c1B. The number of nitrogens with zero attached hydrogens (tertiary/aromatic N) is 2. The van der Waals surface area contributed by atoms with Crippen LogP contribution in [0.15, 0.2) is 78.9 Å². The lowest BCUT2D eigenvalue weighted by Gasteiger charge is -2.28. The summed E-state index contributed by atoms with van der Waals surface area (Å²) in [6, 6.07) is 28.6. The van der Waals surface area contributed by atoms with E-state index < -0.39 is 0 Å². The molecule has 202 valence electrons. The second kappa shape index (κ2) is 10.5. The summed E-state index contributed by atoms with van der Waals surface area (Å²) in [7, 11) is 18.5. The Kier molecular flexibility index (Phi) is 6.81. The number of imidazole rings is 1. The van der Waals surface area contributed by atoms with Gasteiger partial charge in [-0.15, -0.1) is 21.9 Å². The zero-order valence-electron chi connectivity index (χ0n) is 27.4. The minimum atomic E-state index is 0.995. The van der Waals surface area contributed by atoms with E-state index in [2.05, 4.69) is 153 Å². The van der Waals surface area contributed by atoms with Crippen LogP contribution in [0.25, 0.3) is 60.5 Å². The summed E-state index contributed by atoms with van der Waals surface area (Å²) in [6.45, 7) is 2.10. The van der Waals surface area contributed by atoms with Crippen LogP contribution in [0.4, 0.5) is 0 Å². The second-order valence-corrected chi connectivity index (χ2v) is 12.6. The summed E-state index contributed by atoms with van der Waals surface area (Å²) in [6.07, 6.45) is 0. The van der Waals surface area contributed by atoms with E-state index in [4.69, 9.17) is 4.98 Å². The molecule has 0 saturated carbocycles. The fraction of sp³-hybridized carbons (Fsp3) is 0.0294. The van der Waals surface area contributed by atoms with Crippen molar-refractivity contribution < 1.29 is 0 Å². The molecular formula is C34H32B8N2. The van der Waals surface area contributed by atoms with E-state index in [1.54, 1.807) is 0 Å². The molecule has 10 heteroatoms. The number of rotatable bonds is 3. The van der Waals surface area contributed by atoms with Crippen molar-refractivity contribution in [1.82, 2.24) is 9.55 Å². The minimum absolute atomic E-state index is 0.995. The van der Waals surface area contributed by atoms with Crippen molar-refractivity contribution >= 4 is 139 Å². The zero-order valence-corrected chi connectivity index (χ0v) is 27.4. The number of hydrogen-bond donors (Lipinski definition) is 0. The molecule has 0 bridgehead atoms. The summed E-state index contributed by atoms with van der Waals surface area (Å²) < 4.78 is 2.29. The van der Waals surface area contributed by atoms with E-state index in [9.17, 15) is 0 Å². The Morgan fingerprint density at radius 2 is 0.932 bits per heavy atom. The fourth-order valence-corrected chi connectivity index (χ4v) is 7.58. The molecule has 7 aromatic rings. The molecule has 0 amide bonds. The summed E-state index contributed by atoms with van der Waals surface area (Å²) >= 11 is 0. The highest BCUT2D eigenvalue weighted by molar-refractivity contribution is 6.71. The van der Waals surface area contributed by atoms with Crippen molar-refractivity contribution in [2.45, 2.75) is 6.92 Å². The van der Waals surface area contributed by atoms with Crippen LogP contribution in [0.2, 0.25) is 0 Å². The first-order chi connectivity index (χ1) is 21.1. The number of para-hydroxylation sites is 2. The van der Waals surface area contributed by atoms with Gasteiger partial charge in [-0.1, -0.05) is 76.4 Å². The maximum atomic E-state index is 4.89. The van der Waals surface area contributed by atoms with Gasteiger partial charge >= 0.3 is 0 Å². The molecular weight excluding hydrogens is 523 g/mol. The number of hydrogen-bond acceptors (Lipinski definition) is 1. The van der Waals surface area contributed by atoms with Crippen LogP contribution in [0.5, 0.6) is 0 Å². The van der Waals surface area contributed by atoms with Crippen molar-refractivity contribution in [1.29, 1.82) is 0 Å². The number of aromatic nitrogens is 2. The minimum Gasteiger partial charge on any atom is -0.297 e. The monoisotopic (exact) mass is 556 g/mol. The van der Waals surface area contributed by atoms with Gasteiger partial charge in [-0.2, -0.15) is 0 Å². The Morgan fingerprint density at radius 3 is 1.48 bits per heavy atom. The summed E-state index contributed by atoms with van der Waals surface area (Å²) in [4.78, 5) is 4.89. The summed E-state index contributed by atoms with van der Waals surface area (Å²) in [5, 5.41) is 5.48. The van der Waals surface area contributed by atoms with Gasteiger partial charge in [0.2, 0.25) is 0 Å². The molecule has 1 heterocycles. The van der Waals surface area contributed by atoms with Crippen molar-refractivity contribution in [3.63, 3.8) is 0 Å². The smallest absolute Gasteiger partial charge is 0.139 e. The number of fused-ring (bicyclic) bond motifs is 3. The first kappa shape index (κ1) is 28.6. The Hall–Kier alpha value is -4.17. The van der Waals surface area contributed by atoms with Crippen LogP contribution < -0.4 is 43.7 Å². The first-order valence-electron chi connectivity index (χ1n) is 15.7. The lowest BCUT2D eigenvalue weighted by atomic mass is 9.59. The van der Waals surface area contributed by atoms with Gasteiger partial charge in [0.1, 0.15) is 68.6 Å². The van der Waals surface area contributed by atoms with Crippen molar-refractivity contribution in [3.05, 3.63) is 84.7 Å². The molecule has 44 heavy (non-hydrogen) atoms. The number of aryl methyl sites for hydroxylation is 1. The van der Waals surface area contributed by atoms with Gasteiger partial charge in [0.15, 0.2) is 0 Å². The lowest BCUT2D eigenvalue weighted by molar-refractivity contribution is 1.00. The van der Waals surface area contributed by atoms with Gasteiger partial charge in [-0.25, -0.2) is 4.98 Å². The van der Waals surface area contributed by atoms with Crippen molar-refractivity contribution in [2.75, 3.05) is 0 Å². The predicted molar refractivity (Wildman–Crippen MR) is 217 cm³/mol. The van der Waals surface area contributed by atoms with Crippen LogP contribution in [0, 0.1) is 6.92 Å². The molecule has 0 fully saturated rings. The molecule has 7 rings (SSSR count). The molecule has 0 spiro atoms. The molecule has 0 aliphatic heterocycles. The van der Waals surface area contributed by atoms with E-state index in [1.165, 1.54) is 87.5 Å². The van der Waals surface area contributed by atoms with Crippen molar-refractivity contribution in [2.24, 2.45) is 0 Å². The van der Waals surface area contributed by atoms with Crippen LogP contribution >= 0.6 is 0 Å². The zero-order chi connectivity index (χ0) is 31.0. The third kappa shape index (κ3) is 4.03. The number of benzene rings is 6. The lowest BCUT2D eigenvalue weighted by Crippen LogP contribution is -2.50. The molecule has 0 radical (unpaired) electrons. The van der Waals surface area contributed by atoms with Gasteiger partial charge < -0.3 is 0 Å². The van der Waals surface area contributed by atoms with E-state index in [0.717, 1.165) is 22.5 Å². The highest BCUT2D eigenvalue weighted by Gasteiger charge is 2.25. The third-order valence-corrected chi connectivity index (χ3v) is 10.6. The average molecular weight is 555 g/mol. The Labute approximate surface area is 267 Å². The molecule has 0 saturated heterocycles. The molecule has 0 atom stereocenters. The summed E-state index contributed by atoms with van der Waals surface area (Å²) in [5.41, 5.74) is 19.5. The third-order valence-electron chi connectivity index (χ3n) is 10.6. The Bertz CT molecular complexity index is 2250. The van der Waals surface area contributed by atoms with Crippen LogP contribution in [0.3, 0.4) is 0 Å². The quantitative estimate of drug-likeness (QED) is 0.158. The van der Waals surface area contributed by atoms with E-state index >= 15 is 0 Å². The fourth-order valence-electron chi connectivity index (χ4n) is 7.58. The molecule has 0 unspecified atom stereocenters. The maximum Gasteiger partial charge on any atom is 0.139 e. The van der Waals surface area contributed by atoms with Crippen LogP contribution in [-0.4, -0.2) is 72.3 Å². The second-order valence-electron chi connectivity index (χ2n) is 12.6. The van der Waals surface area contributed by atoms with E-state index in [1.807, 2.05) is 0 Å². The molecule has 2 nitrogen and oxygen atoms in total. The average Bonchev–Trinajstić information content (AvgIpc) is 3.39. The standard InChI is InChI=1S/C34H32B8N2/c1-15-43-19-12-5-6-13-20(19)44(15)18-11-7-10-17(14-18)22-25-23(27(35)31(39)33(41)29(25)37)21(16-8-3-2-4-9-16)24-26(22)30(38)34(42)32(40)28(24)36/h2-14H,35-42H2,1H3. The molecule has 0 N–H and O–H groups in total.